The highest BCUT2D eigenvalue weighted by Gasteiger charge is 2.50. The molecule has 2 heteroatoms. The van der Waals surface area contributed by atoms with Crippen LogP contribution in [-0.4, -0.2) is 4.57 Å². The monoisotopic (exact) mass is 682 g/mol. The highest BCUT2D eigenvalue weighted by Crippen LogP contribution is 2.61. The van der Waals surface area contributed by atoms with Crippen LogP contribution in [0.15, 0.2) is 182 Å². The fourth-order valence-electron chi connectivity index (χ4n) is 9.84. The molecule has 10 aromatic rings. The second-order valence-electron chi connectivity index (χ2n) is 14.8. The maximum absolute atomic E-state index is 7.51. The van der Waals surface area contributed by atoms with E-state index in [0.29, 0.717) is 5.69 Å². The van der Waals surface area contributed by atoms with Gasteiger partial charge in [0.2, 0.25) is 0 Å². The van der Waals surface area contributed by atoms with E-state index in [2.05, 4.69) is 179 Å². The molecule has 1 atom stereocenters. The highest BCUT2D eigenvalue weighted by atomic mass is 15.0. The van der Waals surface area contributed by atoms with Crippen molar-refractivity contribution in [1.82, 2.24) is 4.57 Å². The lowest BCUT2D eigenvalue weighted by molar-refractivity contribution is 0.748. The Bertz CT molecular complexity index is 3290. The van der Waals surface area contributed by atoms with Gasteiger partial charge in [0, 0.05) is 10.8 Å². The van der Waals surface area contributed by atoms with Gasteiger partial charge in [-0.15, -0.1) is 0 Å². The number of rotatable bonds is 2. The molecule has 2 heterocycles. The predicted octanol–water partition coefficient (Wildman–Crippen LogP) is 13.7. The minimum absolute atomic E-state index is 0.476. The van der Waals surface area contributed by atoms with Crippen LogP contribution >= 0.6 is 0 Å². The molecule has 9 aromatic carbocycles. The summed E-state index contributed by atoms with van der Waals surface area (Å²) >= 11 is 0. The fraction of sp³-hybridized carbons (Fsp3) is 0.0192. The Hall–Kier alpha value is -7.21. The average molecular weight is 683 g/mol. The van der Waals surface area contributed by atoms with Gasteiger partial charge in [-0.3, -0.25) is 0 Å². The smallest absolute Gasteiger partial charge is 0.187 e. The Balaban J connectivity index is 1.11. The summed E-state index contributed by atoms with van der Waals surface area (Å²) in [6, 6.07) is 67.1. The second kappa shape index (κ2) is 10.7. The molecule has 0 radical (unpaired) electrons. The molecule has 0 saturated heterocycles. The van der Waals surface area contributed by atoms with Gasteiger partial charge < -0.3 is 4.57 Å². The van der Waals surface area contributed by atoms with Crippen molar-refractivity contribution in [2.24, 2.45) is 0 Å². The number of aromatic nitrogens is 1. The summed E-state index contributed by atoms with van der Waals surface area (Å²) < 4.78 is 2.52. The lowest BCUT2D eigenvalue weighted by Gasteiger charge is -2.39. The van der Waals surface area contributed by atoms with E-state index in [0.717, 1.165) is 10.8 Å². The van der Waals surface area contributed by atoms with Crippen molar-refractivity contribution in [3.63, 3.8) is 0 Å². The van der Waals surface area contributed by atoms with E-state index in [1.54, 1.807) is 0 Å². The summed E-state index contributed by atoms with van der Waals surface area (Å²) in [6.07, 6.45) is 0. The molecule has 1 aromatic heterocycles. The summed E-state index contributed by atoms with van der Waals surface area (Å²) in [5.41, 5.74) is 16.6. The normalized spacial score (nSPS) is 15.1. The van der Waals surface area contributed by atoms with Crippen LogP contribution in [-0.2, 0) is 5.41 Å². The van der Waals surface area contributed by atoms with E-state index in [4.69, 9.17) is 6.57 Å². The topological polar surface area (TPSA) is 9.29 Å². The first kappa shape index (κ1) is 29.4. The van der Waals surface area contributed by atoms with Crippen LogP contribution in [0.5, 0.6) is 0 Å². The lowest BCUT2D eigenvalue weighted by Crippen LogP contribution is -2.33. The molecule has 1 spiro atoms. The van der Waals surface area contributed by atoms with Crippen molar-refractivity contribution >= 4 is 49.0 Å². The number of hydrogen-bond acceptors (Lipinski definition) is 0. The first-order chi connectivity index (χ1) is 26.7. The summed E-state index contributed by atoms with van der Waals surface area (Å²) in [4.78, 5) is 3.67. The number of benzene rings is 9. The number of fused-ring (bicyclic) bond motifs is 14. The number of para-hydroxylation sites is 2. The molecule has 12 rings (SSSR count). The van der Waals surface area contributed by atoms with Crippen molar-refractivity contribution in [3.05, 3.63) is 216 Å². The van der Waals surface area contributed by atoms with Gasteiger partial charge in [0.1, 0.15) is 0 Å². The molecule has 54 heavy (non-hydrogen) atoms. The zero-order valence-corrected chi connectivity index (χ0v) is 29.2. The third-order valence-electron chi connectivity index (χ3n) is 12.1. The molecule has 0 N–H and O–H groups in total. The van der Waals surface area contributed by atoms with E-state index in [-0.39, 0.29) is 0 Å². The van der Waals surface area contributed by atoms with Gasteiger partial charge in [0.15, 0.2) is 5.69 Å². The minimum Gasteiger partial charge on any atom is -0.309 e. The van der Waals surface area contributed by atoms with E-state index < -0.39 is 5.41 Å². The van der Waals surface area contributed by atoms with Crippen molar-refractivity contribution in [1.29, 1.82) is 0 Å². The third kappa shape index (κ3) is 3.78. The third-order valence-corrected chi connectivity index (χ3v) is 12.1. The summed E-state index contributed by atoms with van der Waals surface area (Å²) in [6.45, 7) is 7.51. The second-order valence-corrected chi connectivity index (χ2v) is 14.8. The van der Waals surface area contributed by atoms with Gasteiger partial charge >= 0.3 is 0 Å². The van der Waals surface area contributed by atoms with Gasteiger partial charge in [-0.1, -0.05) is 133 Å². The van der Waals surface area contributed by atoms with E-state index >= 15 is 0 Å². The van der Waals surface area contributed by atoms with Crippen molar-refractivity contribution in [3.8, 4) is 39.1 Å². The Morgan fingerprint density at radius 1 is 0.407 bits per heavy atom. The van der Waals surface area contributed by atoms with Gasteiger partial charge in [-0.25, -0.2) is 4.85 Å². The maximum Gasteiger partial charge on any atom is 0.187 e. The van der Waals surface area contributed by atoms with Crippen LogP contribution in [0, 0.1) is 6.57 Å². The Morgan fingerprint density at radius 2 is 1.07 bits per heavy atom. The summed E-state index contributed by atoms with van der Waals surface area (Å²) in [5, 5.41) is 7.18. The Kier molecular flexibility index (Phi) is 5.80. The minimum atomic E-state index is -0.476. The fourth-order valence-corrected chi connectivity index (χ4v) is 9.84. The molecule has 248 valence electrons. The molecule has 1 aliphatic heterocycles. The first-order valence-electron chi connectivity index (χ1n) is 18.5. The maximum atomic E-state index is 7.51. The van der Waals surface area contributed by atoms with Gasteiger partial charge in [-0.2, -0.15) is 0 Å². The lowest BCUT2D eigenvalue weighted by atomic mass is 9.65. The Labute approximate surface area is 312 Å². The molecule has 0 bridgehead atoms. The van der Waals surface area contributed by atoms with Crippen LogP contribution < -0.4 is 0 Å². The first-order valence-corrected chi connectivity index (χ1v) is 18.5. The molecule has 2 nitrogen and oxygen atoms in total. The molecule has 0 amide bonds. The highest BCUT2D eigenvalue weighted by molar-refractivity contribution is 6.14. The SMILES string of the molecule is [C-]#[N+]c1ccc2cc3ccc(-c4ccc5c(c4)-c4ccccc4C54c5ccccc5-n5c6ccc(-c7ccccc7)cc6c6cccc4c65)cc3cc2c1. The van der Waals surface area contributed by atoms with Crippen LogP contribution in [0.25, 0.3) is 87.3 Å². The zero-order valence-electron chi connectivity index (χ0n) is 29.2. The van der Waals surface area contributed by atoms with Crippen LogP contribution in [0.4, 0.5) is 5.69 Å². The van der Waals surface area contributed by atoms with Crippen molar-refractivity contribution in [2.45, 2.75) is 5.41 Å². The predicted molar refractivity (Wildman–Crippen MR) is 224 cm³/mol. The zero-order chi connectivity index (χ0) is 35.5. The Morgan fingerprint density at radius 3 is 1.96 bits per heavy atom. The largest absolute Gasteiger partial charge is 0.309 e. The van der Waals surface area contributed by atoms with Crippen molar-refractivity contribution < 1.29 is 0 Å². The van der Waals surface area contributed by atoms with E-state index in [1.165, 1.54) is 93.9 Å². The van der Waals surface area contributed by atoms with Crippen LogP contribution in [0.1, 0.15) is 22.3 Å². The number of hydrogen-bond donors (Lipinski definition) is 0. The van der Waals surface area contributed by atoms with Gasteiger partial charge in [0.05, 0.1) is 28.7 Å². The quantitative estimate of drug-likeness (QED) is 0.127. The summed E-state index contributed by atoms with van der Waals surface area (Å²) in [5.74, 6) is 0. The van der Waals surface area contributed by atoms with E-state index in [1.807, 2.05) is 12.1 Å². The molecular formula is C52H30N2. The molecule has 0 fully saturated rings. The van der Waals surface area contributed by atoms with Gasteiger partial charge in [-0.05, 0) is 126 Å². The standard InChI is InChI=1S/C52H30N2/c1-53-40-23-20-35-26-34-19-18-33(27-38(34)28-39(35)29-40)37-21-24-46-43(30-37)41-12-5-6-14-45(41)52(46)47-15-7-8-17-50(47)54-49-25-22-36(32-10-3-2-4-11-32)31-44(49)42-13-9-16-48(52)51(42)54/h2-31H. The average Bonchev–Trinajstić information content (AvgIpc) is 3.72. The molecule has 1 aliphatic carbocycles. The van der Waals surface area contributed by atoms with E-state index in [9.17, 15) is 0 Å². The summed E-state index contributed by atoms with van der Waals surface area (Å²) in [7, 11) is 0. The van der Waals surface area contributed by atoms with Crippen LogP contribution in [0.3, 0.4) is 0 Å². The molecular weight excluding hydrogens is 653 g/mol. The molecule has 2 aliphatic rings. The molecule has 0 saturated carbocycles. The van der Waals surface area contributed by atoms with Crippen molar-refractivity contribution in [2.75, 3.05) is 0 Å². The number of nitrogens with zero attached hydrogens (tertiary/aromatic N) is 2. The van der Waals surface area contributed by atoms with Gasteiger partial charge in [0.25, 0.3) is 0 Å². The van der Waals surface area contributed by atoms with Crippen LogP contribution in [0.2, 0.25) is 0 Å². The molecule has 1 unspecified atom stereocenters.